The summed E-state index contributed by atoms with van der Waals surface area (Å²) in [7, 11) is 0. The molecule has 1 rings (SSSR count). The summed E-state index contributed by atoms with van der Waals surface area (Å²) in [5.74, 6) is -0.900. The van der Waals surface area contributed by atoms with Crippen molar-refractivity contribution in [2.75, 3.05) is 0 Å². The molecule has 17 heavy (non-hydrogen) atoms. The Bertz CT molecular complexity index is 291. The fourth-order valence-electron chi connectivity index (χ4n) is 1.08. The third-order valence-corrected chi connectivity index (χ3v) is 2.13. The SMILES string of the molecule is CCCCC(N)C(=O)O.Cc1ccccc1.S. The summed E-state index contributed by atoms with van der Waals surface area (Å²) < 4.78 is 0. The summed E-state index contributed by atoms with van der Waals surface area (Å²) >= 11 is 0. The van der Waals surface area contributed by atoms with Crippen molar-refractivity contribution in [1.82, 2.24) is 0 Å². The van der Waals surface area contributed by atoms with E-state index in [1.54, 1.807) is 0 Å². The number of carboxylic acid groups (broad SMARTS) is 1. The van der Waals surface area contributed by atoms with E-state index in [9.17, 15) is 4.79 Å². The largest absolute Gasteiger partial charge is 0.480 e. The minimum Gasteiger partial charge on any atom is -0.480 e. The van der Waals surface area contributed by atoms with Crippen LogP contribution < -0.4 is 5.73 Å². The van der Waals surface area contributed by atoms with Crippen molar-refractivity contribution < 1.29 is 9.90 Å². The lowest BCUT2D eigenvalue weighted by Crippen LogP contribution is -2.29. The Hall–Kier alpha value is -1.00. The van der Waals surface area contributed by atoms with Crippen LogP contribution in [-0.4, -0.2) is 17.1 Å². The van der Waals surface area contributed by atoms with Gasteiger partial charge in [-0.1, -0.05) is 55.7 Å². The van der Waals surface area contributed by atoms with Crippen molar-refractivity contribution in [3.05, 3.63) is 35.9 Å². The van der Waals surface area contributed by atoms with E-state index in [1.165, 1.54) is 5.56 Å². The van der Waals surface area contributed by atoms with Gasteiger partial charge in [0.05, 0.1) is 0 Å². The Morgan fingerprint density at radius 2 is 1.88 bits per heavy atom. The van der Waals surface area contributed by atoms with Crippen LogP contribution in [-0.2, 0) is 4.79 Å². The van der Waals surface area contributed by atoms with E-state index in [0.717, 1.165) is 12.8 Å². The van der Waals surface area contributed by atoms with Gasteiger partial charge in [0.1, 0.15) is 6.04 Å². The highest BCUT2D eigenvalue weighted by molar-refractivity contribution is 7.59. The lowest BCUT2D eigenvalue weighted by Gasteiger charge is -2.02. The third kappa shape index (κ3) is 11.3. The second-order valence-corrected chi connectivity index (χ2v) is 3.74. The van der Waals surface area contributed by atoms with Gasteiger partial charge in [0.2, 0.25) is 0 Å². The highest BCUT2D eigenvalue weighted by Crippen LogP contribution is 1.97. The highest BCUT2D eigenvalue weighted by Gasteiger charge is 2.08. The first kappa shape index (κ1) is 18.4. The van der Waals surface area contributed by atoms with Crippen molar-refractivity contribution in [3.8, 4) is 0 Å². The Morgan fingerprint density at radius 1 is 1.35 bits per heavy atom. The molecule has 0 aliphatic rings. The van der Waals surface area contributed by atoms with E-state index < -0.39 is 12.0 Å². The van der Waals surface area contributed by atoms with Gasteiger partial charge in [-0.2, -0.15) is 13.5 Å². The van der Waals surface area contributed by atoms with Crippen LogP contribution in [0.5, 0.6) is 0 Å². The smallest absolute Gasteiger partial charge is 0.320 e. The lowest BCUT2D eigenvalue weighted by molar-refractivity contribution is -0.138. The summed E-state index contributed by atoms with van der Waals surface area (Å²) in [6.45, 7) is 4.09. The second-order valence-electron chi connectivity index (χ2n) is 3.74. The van der Waals surface area contributed by atoms with Crippen molar-refractivity contribution in [2.45, 2.75) is 39.2 Å². The first-order valence-corrected chi connectivity index (χ1v) is 5.58. The zero-order chi connectivity index (χ0) is 12.4. The van der Waals surface area contributed by atoms with Crippen LogP contribution in [0.3, 0.4) is 0 Å². The monoisotopic (exact) mass is 257 g/mol. The molecule has 0 aliphatic carbocycles. The molecule has 98 valence electrons. The molecule has 1 aromatic carbocycles. The highest BCUT2D eigenvalue weighted by atomic mass is 32.1. The Balaban J connectivity index is 0. The van der Waals surface area contributed by atoms with E-state index in [0.29, 0.717) is 6.42 Å². The molecule has 0 radical (unpaired) electrons. The molecule has 0 fully saturated rings. The first-order valence-electron chi connectivity index (χ1n) is 5.58. The number of nitrogens with two attached hydrogens (primary N) is 1. The van der Waals surface area contributed by atoms with Crippen molar-refractivity contribution >= 4 is 19.5 Å². The number of benzene rings is 1. The predicted molar refractivity (Wildman–Crippen MR) is 76.7 cm³/mol. The average molecular weight is 257 g/mol. The summed E-state index contributed by atoms with van der Waals surface area (Å²) in [6.07, 6.45) is 2.49. The van der Waals surface area contributed by atoms with E-state index in [-0.39, 0.29) is 13.5 Å². The molecule has 0 spiro atoms. The van der Waals surface area contributed by atoms with E-state index >= 15 is 0 Å². The summed E-state index contributed by atoms with van der Waals surface area (Å²) in [5, 5.41) is 8.28. The van der Waals surface area contributed by atoms with E-state index in [1.807, 2.05) is 25.1 Å². The van der Waals surface area contributed by atoms with Crippen LogP contribution >= 0.6 is 13.5 Å². The molecular formula is C13H23NO2S. The number of aliphatic carboxylic acids is 1. The minimum atomic E-state index is -0.900. The maximum Gasteiger partial charge on any atom is 0.320 e. The molecule has 0 saturated carbocycles. The average Bonchev–Trinajstić information content (AvgIpc) is 2.27. The fourth-order valence-corrected chi connectivity index (χ4v) is 1.08. The zero-order valence-corrected chi connectivity index (χ0v) is 11.5. The minimum absolute atomic E-state index is 0. The predicted octanol–water partition coefficient (Wildman–Crippen LogP) is 2.70. The molecule has 1 atom stereocenters. The topological polar surface area (TPSA) is 63.3 Å². The Labute approximate surface area is 110 Å². The number of aryl methyl sites for hydroxylation is 1. The molecule has 3 N–H and O–H groups in total. The number of carboxylic acids is 1. The summed E-state index contributed by atoms with van der Waals surface area (Å²) in [6, 6.07) is 9.60. The molecule has 1 unspecified atom stereocenters. The molecule has 0 amide bonds. The molecular weight excluding hydrogens is 234 g/mol. The van der Waals surface area contributed by atoms with Gasteiger partial charge in [0.25, 0.3) is 0 Å². The third-order valence-electron chi connectivity index (χ3n) is 2.13. The maximum absolute atomic E-state index is 10.1. The zero-order valence-electron chi connectivity index (χ0n) is 10.5. The Kier molecular flexibility index (Phi) is 12.4. The van der Waals surface area contributed by atoms with Crippen LogP contribution in [0.2, 0.25) is 0 Å². The van der Waals surface area contributed by atoms with Crippen LogP contribution in [0.4, 0.5) is 0 Å². The Morgan fingerprint density at radius 3 is 2.18 bits per heavy atom. The first-order chi connectivity index (χ1) is 7.57. The molecule has 1 aromatic rings. The summed E-state index contributed by atoms with van der Waals surface area (Å²) in [5.41, 5.74) is 6.52. The van der Waals surface area contributed by atoms with E-state index in [4.69, 9.17) is 10.8 Å². The standard InChI is InChI=1S/C7H8.C6H13NO2.H2S/c1-7-5-3-2-4-6-7;1-2-3-4-5(7)6(8)9;/h2-6H,1H3;5H,2-4,7H2,1H3,(H,8,9);1H2. The van der Waals surface area contributed by atoms with Crippen LogP contribution in [0.25, 0.3) is 0 Å². The van der Waals surface area contributed by atoms with Gasteiger partial charge in [0, 0.05) is 0 Å². The van der Waals surface area contributed by atoms with Crippen molar-refractivity contribution in [1.29, 1.82) is 0 Å². The molecule has 4 heteroatoms. The van der Waals surface area contributed by atoms with Crippen LogP contribution in [0.15, 0.2) is 30.3 Å². The van der Waals surface area contributed by atoms with Gasteiger partial charge >= 0.3 is 5.97 Å². The number of carbonyl (C=O) groups is 1. The fraction of sp³-hybridized carbons (Fsp3) is 0.462. The number of hydrogen-bond acceptors (Lipinski definition) is 2. The molecule has 3 nitrogen and oxygen atoms in total. The summed E-state index contributed by atoms with van der Waals surface area (Å²) in [4.78, 5) is 10.1. The van der Waals surface area contributed by atoms with E-state index in [2.05, 4.69) is 19.1 Å². The van der Waals surface area contributed by atoms with Gasteiger partial charge in [-0.15, -0.1) is 0 Å². The quantitative estimate of drug-likeness (QED) is 0.871. The number of unbranched alkanes of at least 4 members (excludes halogenated alkanes) is 1. The molecule has 0 bridgehead atoms. The molecule has 0 heterocycles. The maximum atomic E-state index is 10.1. The van der Waals surface area contributed by atoms with Crippen molar-refractivity contribution in [3.63, 3.8) is 0 Å². The van der Waals surface area contributed by atoms with Crippen LogP contribution in [0.1, 0.15) is 31.7 Å². The van der Waals surface area contributed by atoms with Gasteiger partial charge in [0.15, 0.2) is 0 Å². The van der Waals surface area contributed by atoms with Crippen molar-refractivity contribution in [2.24, 2.45) is 5.73 Å². The second kappa shape index (κ2) is 11.5. The molecule has 0 aliphatic heterocycles. The lowest BCUT2D eigenvalue weighted by atomic mass is 10.1. The number of hydrogen-bond donors (Lipinski definition) is 2. The number of rotatable bonds is 4. The van der Waals surface area contributed by atoms with Gasteiger partial charge in [-0.25, -0.2) is 0 Å². The van der Waals surface area contributed by atoms with Gasteiger partial charge < -0.3 is 10.8 Å². The molecule has 0 saturated heterocycles. The van der Waals surface area contributed by atoms with Gasteiger partial charge in [-0.3, -0.25) is 4.79 Å². The normalized spacial score (nSPS) is 10.5. The molecule has 0 aromatic heterocycles. The van der Waals surface area contributed by atoms with Crippen LogP contribution in [0, 0.1) is 6.92 Å². The van der Waals surface area contributed by atoms with Gasteiger partial charge in [-0.05, 0) is 13.3 Å².